The molecule has 0 unspecified atom stereocenters. The van der Waals surface area contributed by atoms with Crippen LogP contribution in [0.3, 0.4) is 0 Å². The molecule has 0 aliphatic heterocycles. The Morgan fingerprint density at radius 2 is 1.30 bits per heavy atom. The summed E-state index contributed by atoms with van der Waals surface area (Å²) in [5.74, 6) is 3.95. The maximum absolute atomic E-state index is 2.46. The van der Waals surface area contributed by atoms with Crippen LogP contribution < -0.4 is 0 Å². The van der Waals surface area contributed by atoms with E-state index in [-0.39, 0.29) is 0 Å². The SMILES string of the molecule is CCCCCC1CCC(c2ccc(CCC3CC(CCCC)C3)cc2)CC1. The van der Waals surface area contributed by atoms with Gasteiger partial charge in [0.2, 0.25) is 0 Å². The van der Waals surface area contributed by atoms with Crippen molar-refractivity contribution in [3.63, 3.8) is 0 Å². The molecule has 0 saturated heterocycles. The van der Waals surface area contributed by atoms with Gasteiger partial charge >= 0.3 is 0 Å². The van der Waals surface area contributed by atoms with Gasteiger partial charge in [-0.2, -0.15) is 0 Å². The van der Waals surface area contributed by atoms with Gasteiger partial charge in [-0.3, -0.25) is 0 Å². The van der Waals surface area contributed by atoms with Gasteiger partial charge in [0, 0.05) is 0 Å². The van der Waals surface area contributed by atoms with Gasteiger partial charge < -0.3 is 0 Å². The van der Waals surface area contributed by atoms with Crippen molar-refractivity contribution in [3.05, 3.63) is 35.4 Å². The van der Waals surface area contributed by atoms with Crippen molar-refractivity contribution in [1.82, 2.24) is 0 Å². The highest BCUT2D eigenvalue weighted by molar-refractivity contribution is 5.26. The lowest BCUT2D eigenvalue weighted by Gasteiger charge is -2.35. The predicted molar refractivity (Wildman–Crippen MR) is 119 cm³/mol. The van der Waals surface area contributed by atoms with Crippen LogP contribution in [0.1, 0.15) is 121 Å². The van der Waals surface area contributed by atoms with Crippen LogP contribution in [0.4, 0.5) is 0 Å². The second-order valence-corrected chi connectivity index (χ2v) is 9.84. The zero-order chi connectivity index (χ0) is 18.9. The molecule has 27 heavy (non-hydrogen) atoms. The maximum Gasteiger partial charge on any atom is -0.0162 e. The molecule has 0 heteroatoms. The maximum atomic E-state index is 2.46. The van der Waals surface area contributed by atoms with E-state index in [1.54, 1.807) is 11.1 Å². The molecule has 0 amide bonds. The van der Waals surface area contributed by atoms with Crippen LogP contribution >= 0.6 is 0 Å². The van der Waals surface area contributed by atoms with Gasteiger partial charge in [0.15, 0.2) is 0 Å². The van der Waals surface area contributed by atoms with E-state index in [0.29, 0.717) is 0 Å². The molecule has 0 radical (unpaired) electrons. The molecule has 0 nitrogen and oxygen atoms in total. The van der Waals surface area contributed by atoms with E-state index >= 15 is 0 Å². The highest BCUT2D eigenvalue weighted by atomic mass is 14.3. The molecule has 0 N–H and O–H groups in total. The summed E-state index contributed by atoms with van der Waals surface area (Å²) < 4.78 is 0. The molecule has 0 heterocycles. The average Bonchev–Trinajstić information content (AvgIpc) is 2.68. The van der Waals surface area contributed by atoms with Crippen LogP contribution in [-0.2, 0) is 6.42 Å². The van der Waals surface area contributed by atoms with Gasteiger partial charge in [0.25, 0.3) is 0 Å². The van der Waals surface area contributed by atoms with Crippen molar-refractivity contribution in [3.8, 4) is 0 Å². The summed E-state index contributed by atoms with van der Waals surface area (Å²) in [7, 11) is 0. The molecule has 1 aromatic rings. The minimum Gasteiger partial charge on any atom is -0.0654 e. The summed E-state index contributed by atoms with van der Waals surface area (Å²) in [4.78, 5) is 0. The van der Waals surface area contributed by atoms with Crippen LogP contribution in [-0.4, -0.2) is 0 Å². The quantitative estimate of drug-likeness (QED) is 0.343. The monoisotopic (exact) mass is 368 g/mol. The normalized spacial score (nSPS) is 28.1. The number of hydrogen-bond acceptors (Lipinski definition) is 0. The fourth-order valence-electron chi connectivity index (χ4n) is 5.63. The number of rotatable bonds is 11. The van der Waals surface area contributed by atoms with Crippen molar-refractivity contribution < 1.29 is 0 Å². The smallest absolute Gasteiger partial charge is 0.0162 e. The molecule has 0 spiro atoms. The summed E-state index contributed by atoms with van der Waals surface area (Å²) >= 11 is 0. The predicted octanol–water partition coefficient (Wildman–Crippen LogP) is 8.69. The third kappa shape index (κ3) is 6.65. The summed E-state index contributed by atoms with van der Waals surface area (Å²) in [5.41, 5.74) is 3.19. The van der Waals surface area contributed by atoms with Gasteiger partial charge in [-0.05, 0) is 86.2 Å². The summed E-state index contributed by atoms with van der Waals surface area (Å²) in [6.45, 7) is 4.64. The zero-order valence-electron chi connectivity index (χ0n) is 18.2. The second kappa shape index (κ2) is 11.3. The summed E-state index contributed by atoms with van der Waals surface area (Å²) in [6.07, 6.45) is 21.6. The standard InChI is InChI=1S/C27H44/c1-3-5-7-9-22-12-16-26(17-13-22)27-18-14-23(15-19-27)10-11-25-20-24(21-25)8-6-4-2/h14-15,18-19,22,24-26H,3-13,16-17,20-21H2,1-2H3. The number of benzene rings is 1. The van der Waals surface area contributed by atoms with E-state index in [1.165, 1.54) is 96.3 Å². The van der Waals surface area contributed by atoms with E-state index in [9.17, 15) is 0 Å². The topological polar surface area (TPSA) is 0 Å². The molecule has 0 bridgehead atoms. The van der Waals surface area contributed by atoms with Gasteiger partial charge in [-0.25, -0.2) is 0 Å². The number of hydrogen-bond donors (Lipinski definition) is 0. The molecular formula is C27H44. The molecule has 2 fully saturated rings. The van der Waals surface area contributed by atoms with E-state index in [1.807, 2.05) is 0 Å². The Morgan fingerprint density at radius 1 is 0.667 bits per heavy atom. The first-order chi connectivity index (χ1) is 13.3. The molecule has 0 atom stereocenters. The van der Waals surface area contributed by atoms with Crippen molar-refractivity contribution in [2.75, 3.05) is 0 Å². The van der Waals surface area contributed by atoms with Gasteiger partial charge in [0.05, 0.1) is 0 Å². The Morgan fingerprint density at radius 3 is 1.96 bits per heavy atom. The molecule has 152 valence electrons. The highest BCUT2D eigenvalue weighted by Gasteiger charge is 2.27. The molecule has 1 aromatic carbocycles. The Kier molecular flexibility index (Phi) is 8.75. The van der Waals surface area contributed by atoms with Crippen molar-refractivity contribution >= 4 is 0 Å². The minimum atomic E-state index is 0.840. The molecule has 2 aliphatic carbocycles. The molecule has 3 rings (SSSR count). The molecule has 2 saturated carbocycles. The largest absolute Gasteiger partial charge is 0.0654 e. The first kappa shape index (κ1) is 20.9. The Bertz CT molecular complexity index is 499. The zero-order valence-corrected chi connectivity index (χ0v) is 18.2. The Balaban J connectivity index is 1.33. The summed E-state index contributed by atoms with van der Waals surface area (Å²) in [6, 6.07) is 9.80. The Labute approximate surface area is 169 Å². The van der Waals surface area contributed by atoms with Crippen LogP contribution in [0.2, 0.25) is 0 Å². The van der Waals surface area contributed by atoms with Crippen molar-refractivity contribution in [2.45, 2.75) is 116 Å². The third-order valence-corrected chi connectivity index (χ3v) is 7.65. The lowest BCUT2D eigenvalue weighted by Crippen LogP contribution is -2.24. The van der Waals surface area contributed by atoms with Gasteiger partial charge in [-0.1, -0.05) is 83.1 Å². The third-order valence-electron chi connectivity index (χ3n) is 7.65. The van der Waals surface area contributed by atoms with Gasteiger partial charge in [0.1, 0.15) is 0 Å². The first-order valence-electron chi connectivity index (χ1n) is 12.4. The molecule has 0 aromatic heterocycles. The van der Waals surface area contributed by atoms with E-state index < -0.39 is 0 Å². The number of unbranched alkanes of at least 4 members (excludes halogenated alkanes) is 3. The van der Waals surface area contributed by atoms with Crippen LogP contribution in [0.5, 0.6) is 0 Å². The molecular weight excluding hydrogens is 324 g/mol. The van der Waals surface area contributed by atoms with E-state index in [0.717, 1.165) is 23.7 Å². The van der Waals surface area contributed by atoms with Crippen molar-refractivity contribution in [2.24, 2.45) is 17.8 Å². The molecule has 2 aliphatic rings. The fourth-order valence-corrected chi connectivity index (χ4v) is 5.63. The average molecular weight is 369 g/mol. The minimum absolute atomic E-state index is 0.840. The summed E-state index contributed by atoms with van der Waals surface area (Å²) in [5, 5.41) is 0. The number of aryl methyl sites for hydroxylation is 1. The van der Waals surface area contributed by atoms with Crippen molar-refractivity contribution in [1.29, 1.82) is 0 Å². The first-order valence-corrected chi connectivity index (χ1v) is 12.4. The van der Waals surface area contributed by atoms with Crippen LogP contribution in [0.15, 0.2) is 24.3 Å². The lowest BCUT2D eigenvalue weighted by molar-refractivity contribution is 0.168. The van der Waals surface area contributed by atoms with Crippen LogP contribution in [0.25, 0.3) is 0 Å². The van der Waals surface area contributed by atoms with Gasteiger partial charge in [-0.15, -0.1) is 0 Å². The lowest BCUT2D eigenvalue weighted by atomic mass is 9.70. The van der Waals surface area contributed by atoms with E-state index in [2.05, 4.69) is 38.1 Å². The second-order valence-electron chi connectivity index (χ2n) is 9.84. The Hall–Kier alpha value is -0.780. The fraction of sp³-hybridized carbons (Fsp3) is 0.778. The van der Waals surface area contributed by atoms with Crippen LogP contribution in [0, 0.1) is 17.8 Å². The van der Waals surface area contributed by atoms with E-state index in [4.69, 9.17) is 0 Å². The highest BCUT2D eigenvalue weighted by Crippen LogP contribution is 2.40.